The predicted molar refractivity (Wildman–Crippen MR) is 118 cm³/mol. The number of hydrogen-bond donors (Lipinski definition) is 1. The van der Waals surface area contributed by atoms with Crippen LogP contribution in [0.1, 0.15) is 68.2 Å². The third-order valence-electron chi connectivity index (χ3n) is 7.85. The van der Waals surface area contributed by atoms with Gasteiger partial charge in [-0.3, -0.25) is 14.9 Å². The number of nitro groups is 1. The summed E-state index contributed by atoms with van der Waals surface area (Å²) in [5, 5.41) is 14.1. The number of benzene rings is 1. The van der Waals surface area contributed by atoms with Crippen molar-refractivity contribution in [3.05, 3.63) is 58.0 Å². The van der Waals surface area contributed by atoms with Crippen LogP contribution in [0.3, 0.4) is 0 Å². The SMILES string of the molecule is CCC(NC(=O)c1ccc(COc2ccc([N+](=O)[O-])cc2)o1)C12CC3CC(CC(C3)C1)C2. The fourth-order valence-electron chi connectivity index (χ4n) is 6.92. The van der Waals surface area contributed by atoms with Crippen molar-refractivity contribution in [1.29, 1.82) is 0 Å². The minimum Gasteiger partial charge on any atom is -0.486 e. The number of nitrogens with zero attached hydrogens (tertiary/aromatic N) is 1. The molecule has 1 amide bonds. The van der Waals surface area contributed by atoms with Gasteiger partial charge in [0.05, 0.1) is 4.92 Å². The number of carbonyl (C=O) groups excluding carboxylic acids is 1. The van der Waals surface area contributed by atoms with Crippen LogP contribution in [0.25, 0.3) is 0 Å². The molecule has 32 heavy (non-hydrogen) atoms. The lowest BCUT2D eigenvalue weighted by molar-refractivity contribution is -0.384. The number of nitro benzene ring substituents is 1. The standard InChI is InChI=1S/C25H30N2O5/c1-2-23(25-12-16-9-17(13-25)11-18(10-16)14-25)26-24(28)22-8-7-21(32-22)15-31-20-5-3-19(4-6-20)27(29)30/h3-8,16-18,23H,2,9-15H2,1H3,(H,26,28). The minimum absolute atomic E-state index is 0.0128. The Balaban J connectivity index is 1.20. The molecule has 1 atom stereocenters. The number of ether oxygens (including phenoxy) is 1. The van der Waals surface area contributed by atoms with E-state index >= 15 is 0 Å². The molecule has 4 fully saturated rings. The molecule has 0 saturated heterocycles. The Bertz CT molecular complexity index is 961. The zero-order chi connectivity index (χ0) is 22.3. The topological polar surface area (TPSA) is 94.6 Å². The summed E-state index contributed by atoms with van der Waals surface area (Å²) in [6.07, 6.45) is 8.87. The van der Waals surface area contributed by atoms with E-state index < -0.39 is 4.92 Å². The first-order valence-electron chi connectivity index (χ1n) is 11.7. The summed E-state index contributed by atoms with van der Waals surface area (Å²) in [4.78, 5) is 23.3. The van der Waals surface area contributed by atoms with Gasteiger partial charge in [-0.15, -0.1) is 0 Å². The zero-order valence-corrected chi connectivity index (χ0v) is 18.4. The predicted octanol–water partition coefficient (Wildman–Crippen LogP) is 5.49. The van der Waals surface area contributed by atoms with Crippen molar-refractivity contribution in [3.63, 3.8) is 0 Å². The normalized spacial score (nSPS) is 29.0. The van der Waals surface area contributed by atoms with E-state index in [1.807, 2.05) is 0 Å². The number of amides is 1. The van der Waals surface area contributed by atoms with Gasteiger partial charge in [0.2, 0.25) is 0 Å². The number of rotatable bonds is 8. The highest BCUT2D eigenvalue weighted by atomic mass is 16.6. The van der Waals surface area contributed by atoms with Gasteiger partial charge in [0, 0.05) is 18.2 Å². The van der Waals surface area contributed by atoms with Crippen molar-refractivity contribution in [2.24, 2.45) is 23.2 Å². The molecule has 1 N–H and O–H groups in total. The first kappa shape index (κ1) is 21.0. The third-order valence-corrected chi connectivity index (χ3v) is 7.85. The Morgan fingerprint density at radius 1 is 1.12 bits per heavy atom. The summed E-state index contributed by atoms with van der Waals surface area (Å²) >= 11 is 0. The van der Waals surface area contributed by atoms with Crippen LogP contribution >= 0.6 is 0 Å². The van der Waals surface area contributed by atoms with Gasteiger partial charge in [-0.25, -0.2) is 0 Å². The summed E-state index contributed by atoms with van der Waals surface area (Å²) in [5.41, 5.74) is 0.270. The van der Waals surface area contributed by atoms with Gasteiger partial charge >= 0.3 is 0 Å². The fourth-order valence-corrected chi connectivity index (χ4v) is 6.92. The molecule has 7 nitrogen and oxygen atoms in total. The first-order chi connectivity index (χ1) is 15.4. The second-order valence-electron chi connectivity index (χ2n) is 10.0. The van der Waals surface area contributed by atoms with Crippen LogP contribution in [0.4, 0.5) is 5.69 Å². The van der Waals surface area contributed by atoms with Gasteiger partial charge < -0.3 is 14.5 Å². The van der Waals surface area contributed by atoms with E-state index in [0.29, 0.717) is 17.3 Å². The molecule has 4 saturated carbocycles. The summed E-state index contributed by atoms with van der Waals surface area (Å²) in [7, 11) is 0. The van der Waals surface area contributed by atoms with E-state index in [4.69, 9.17) is 9.15 Å². The molecule has 1 aromatic carbocycles. The van der Waals surface area contributed by atoms with E-state index in [-0.39, 0.29) is 29.7 Å². The van der Waals surface area contributed by atoms with Crippen molar-refractivity contribution >= 4 is 11.6 Å². The van der Waals surface area contributed by atoms with Gasteiger partial charge in [0.25, 0.3) is 11.6 Å². The molecule has 0 spiro atoms. The fraction of sp³-hybridized carbons (Fsp3) is 0.560. The maximum atomic E-state index is 13.0. The molecule has 7 heteroatoms. The Morgan fingerprint density at radius 2 is 1.75 bits per heavy atom. The van der Waals surface area contributed by atoms with Crippen LogP contribution in [0, 0.1) is 33.3 Å². The summed E-state index contributed by atoms with van der Waals surface area (Å²) in [6, 6.07) is 9.51. The monoisotopic (exact) mass is 438 g/mol. The molecule has 0 aliphatic heterocycles. The second-order valence-corrected chi connectivity index (χ2v) is 10.0. The summed E-state index contributed by atoms with van der Waals surface area (Å²) in [5.74, 6) is 3.73. The molecule has 4 bridgehead atoms. The Labute approximate surface area is 187 Å². The highest BCUT2D eigenvalue weighted by Gasteiger charge is 2.54. The van der Waals surface area contributed by atoms with E-state index in [1.54, 1.807) is 24.3 Å². The van der Waals surface area contributed by atoms with Gasteiger partial charge in [0.15, 0.2) is 5.76 Å². The average molecular weight is 439 g/mol. The zero-order valence-electron chi connectivity index (χ0n) is 18.4. The summed E-state index contributed by atoms with van der Waals surface area (Å²) in [6.45, 7) is 2.33. The van der Waals surface area contributed by atoms with Crippen molar-refractivity contribution < 1.29 is 18.9 Å². The van der Waals surface area contributed by atoms with Crippen molar-refractivity contribution in [2.45, 2.75) is 64.5 Å². The molecule has 170 valence electrons. The molecule has 1 aromatic heterocycles. The molecule has 0 radical (unpaired) electrons. The van der Waals surface area contributed by atoms with Crippen molar-refractivity contribution in [3.8, 4) is 5.75 Å². The van der Waals surface area contributed by atoms with Crippen molar-refractivity contribution in [2.75, 3.05) is 0 Å². The molecule has 4 aliphatic rings. The number of nitrogens with one attached hydrogen (secondary N) is 1. The van der Waals surface area contributed by atoms with Crippen LogP contribution in [0.2, 0.25) is 0 Å². The molecule has 6 rings (SSSR count). The number of furan rings is 1. The Kier molecular flexibility index (Phi) is 5.43. The average Bonchev–Trinajstić information content (AvgIpc) is 3.24. The number of hydrogen-bond acceptors (Lipinski definition) is 5. The van der Waals surface area contributed by atoms with Crippen LogP contribution in [0.5, 0.6) is 5.75 Å². The second kappa shape index (κ2) is 8.26. The molecule has 1 heterocycles. The van der Waals surface area contributed by atoms with Crippen LogP contribution in [-0.2, 0) is 6.61 Å². The maximum Gasteiger partial charge on any atom is 0.287 e. The number of carbonyl (C=O) groups is 1. The molecular weight excluding hydrogens is 408 g/mol. The van der Waals surface area contributed by atoms with Gasteiger partial charge in [-0.1, -0.05) is 6.92 Å². The molecule has 1 unspecified atom stereocenters. The quantitative estimate of drug-likeness (QED) is 0.434. The number of non-ortho nitro benzene ring substituents is 1. The van der Waals surface area contributed by atoms with Crippen molar-refractivity contribution in [1.82, 2.24) is 5.32 Å². The van der Waals surface area contributed by atoms with Crippen LogP contribution in [0.15, 0.2) is 40.8 Å². The lowest BCUT2D eigenvalue weighted by Crippen LogP contribution is -2.56. The van der Waals surface area contributed by atoms with Gasteiger partial charge in [-0.2, -0.15) is 0 Å². The highest BCUT2D eigenvalue weighted by molar-refractivity contribution is 5.91. The van der Waals surface area contributed by atoms with E-state index in [9.17, 15) is 14.9 Å². The Hall–Kier alpha value is -2.83. The third kappa shape index (κ3) is 4.00. The smallest absolute Gasteiger partial charge is 0.287 e. The van der Waals surface area contributed by atoms with Crippen LogP contribution < -0.4 is 10.1 Å². The Morgan fingerprint density at radius 3 is 2.31 bits per heavy atom. The van der Waals surface area contributed by atoms with E-state index in [0.717, 1.165) is 24.2 Å². The summed E-state index contributed by atoms with van der Waals surface area (Å²) < 4.78 is 11.4. The molecular formula is C25H30N2O5. The lowest BCUT2D eigenvalue weighted by atomic mass is 9.47. The lowest BCUT2D eigenvalue weighted by Gasteiger charge is -2.59. The minimum atomic E-state index is -0.450. The maximum absolute atomic E-state index is 13.0. The molecule has 4 aliphatic carbocycles. The first-order valence-corrected chi connectivity index (χ1v) is 11.7. The largest absolute Gasteiger partial charge is 0.486 e. The highest BCUT2D eigenvalue weighted by Crippen LogP contribution is 2.61. The molecule has 2 aromatic rings. The van der Waals surface area contributed by atoms with Gasteiger partial charge in [0.1, 0.15) is 18.1 Å². The van der Waals surface area contributed by atoms with E-state index in [2.05, 4.69) is 12.2 Å². The van der Waals surface area contributed by atoms with Crippen LogP contribution in [-0.4, -0.2) is 16.9 Å². The van der Waals surface area contributed by atoms with E-state index in [1.165, 1.54) is 50.7 Å². The van der Waals surface area contributed by atoms with Gasteiger partial charge in [-0.05, 0) is 92.4 Å².